The number of nitrogens with zero attached hydrogens (tertiary/aromatic N) is 1. The van der Waals surface area contributed by atoms with E-state index < -0.39 is 5.54 Å². The molecule has 0 bridgehead atoms. The summed E-state index contributed by atoms with van der Waals surface area (Å²) in [6, 6.07) is 25.1. The van der Waals surface area contributed by atoms with Crippen LogP contribution in [0, 0.1) is 11.8 Å². The van der Waals surface area contributed by atoms with Gasteiger partial charge in [0.1, 0.15) is 0 Å². The third-order valence-corrected chi connectivity index (χ3v) is 5.28. The number of carbonyl (C=O) groups excluding carboxylic acids is 1. The predicted molar refractivity (Wildman–Crippen MR) is 111 cm³/mol. The van der Waals surface area contributed by atoms with Crippen molar-refractivity contribution in [2.24, 2.45) is 5.73 Å². The van der Waals surface area contributed by atoms with Crippen molar-refractivity contribution in [2.45, 2.75) is 12.1 Å². The molecule has 0 fully saturated rings. The van der Waals surface area contributed by atoms with E-state index in [1.807, 2.05) is 78.9 Å². The van der Waals surface area contributed by atoms with Gasteiger partial charge in [-0.05, 0) is 29.8 Å². The fourth-order valence-electron chi connectivity index (χ4n) is 3.29. The van der Waals surface area contributed by atoms with E-state index in [2.05, 4.69) is 27.8 Å². The van der Waals surface area contributed by atoms with Crippen LogP contribution in [0.5, 0.6) is 0 Å². The summed E-state index contributed by atoms with van der Waals surface area (Å²) >= 11 is 3.56. The molecule has 1 atom stereocenters. The van der Waals surface area contributed by atoms with E-state index in [0.717, 1.165) is 26.9 Å². The Bertz CT molecular complexity index is 1050. The minimum Gasteiger partial charge on any atom is -0.305 e. The second-order valence-electron chi connectivity index (χ2n) is 6.43. The third kappa shape index (κ3) is 3.16. The minimum atomic E-state index is -1.39. The normalized spacial score (nSPS) is 18.0. The van der Waals surface area contributed by atoms with Crippen molar-refractivity contribution < 1.29 is 4.79 Å². The van der Waals surface area contributed by atoms with Gasteiger partial charge in [0.05, 0.1) is 12.2 Å². The maximum atomic E-state index is 13.3. The van der Waals surface area contributed by atoms with Crippen molar-refractivity contribution in [1.29, 1.82) is 0 Å². The number of fused-ring (bicyclic) bond motifs is 1. The quantitative estimate of drug-likeness (QED) is 0.636. The van der Waals surface area contributed by atoms with Crippen molar-refractivity contribution in [3.8, 4) is 11.8 Å². The van der Waals surface area contributed by atoms with Crippen LogP contribution in [0.25, 0.3) is 0 Å². The number of rotatable bonds is 2. The van der Waals surface area contributed by atoms with Crippen LogP contribution in [0.1, 0.15) is 16.7 Å². The molecule has 0 saturated heterocycles. The Kier molecular flexibility index (Phi) is 4.57. The molecule has 4 rings (SSSR count). The van der Waals surface area contributed by atoms with Gasteiger partial charge in [0, 0.05) is 15.6 Å². The van der Waals surface area contributed by atoms with E-state index in [-0.39, 0.29) is 5.91 Å². The Balaban J connectivity index is 1.80. The van der Waals surface area contributed by atoms with Gasteiger partial charge in [0.15, 0.2) is 5.54 Å². The molecule has 1 aliphatic rings. The topological polar surface area (TPSA) is 46.3 Å². The summed E-state index contributed by atoms with van der Waals surface area (Å²) in [5.74, 6) is 5.90. The van der Waals surface area contributed by atoms with E-state index >= 15 is 0 Å². The number of anilines is 1. The molecule has 3 nitrogen and oxygen atoms in total. The van der Waals surface area contributed by atoms with Gasteiger partial charge in [-0.1, -0.05) is 82.4 Å². The van der Waals surface area contributed by atoms with Crippen molar-refractivity contribution in [3.05, 3.63) is 100 Å². The fourth-order valence-corrected chi connectivity index (χ4v) is 3.96. The minimum absolute atomic E-state index is 0.211. The smallest absolute Gasteiger partial charge is 0.264 e. The number of benzene rings is 3. The zero-order chi connectivity index (χ0) is 18.9. The first-order valence-electron chi connectivity index (χ1n) is 8.61. The van der Waals surface area contributed by atoms with Crippen molar-refractivity contribution >= 4 is 27.5 Å². The second kappa shape index (κ2) is 7.03. The molecule has 2 N–H and O–H groups in total. The zero-order valence-electron chi connectivity index (χ0n) is 14.5. The zero-order valence-corrected chi connectivity index (χ0v) is 16.1. The van der Waals surface area contributed by atoms with E-state index in [4.69, 9.17) is 5.73 Å². The fraction of sp³-hybridized carbons (Fsp3) is 0.0870. The number of amides is 1. The molecule has 1 aliphatic heterocycles. The first-order chi connectivity index (χ1) is 13.1. The molecule has 1 heterocycles. The van der Waals surface area contributed by atoms with E-state index in [1.165, 1.54) is 0 Å². The van der Waals surface area contributed by atoms with Gasteiger partial charge >= 0.3 is 0 Å². The average Bonchev–Trinajstić information content (AvgIpc) is 2.91. The SMILES string of the molecule is N[C@@]1(C#Cc2ccccc2)C(=O)N(Cc2ccccc2)c2cccc(Br)c21. The largest absolute Gasteiger partial charge is 0.305 e. The summed E-state index contributed by atoms with van der Waals surface area (Å²) in [5, 5.41) is 0. The summed E-state index contributed by atoms with van der Waals surface area (Å²) in [7, 11) is 0. The molecular weight excluding hydrogens is 400 g/mol. The van der Waals surface area contributed by atoms with Gasteiger partial charge in [0.2, 0.25) is 0 Å². The summed E-state index contributed by atoms with van der Waals surface area (Å²) in [6.45, 7) is 0.453. The van der Waals surface area contributed by atoms with Crippen LogP contribution in [0.3, 0.4) is 0 Å². The monoisotopic (exact) mass is 416 g/mol. The highest BCUT2D eigenvalue weighted by molar-refractivity contribution is 9.10. The van der Waals surface area contributed by atoms with Crippen molar-refractivity contribution in [1.82, 2.24) is 0 Å². The van der Waals surface area contributed by atoms with Crippen LogP contribution in [-0.4, -0.2) is 5.91 Å². The second-order valence-corrected chi connectivity index (χ2v) is 7.29. The number of carbonyl (C=O) groups is 1. The van der Waals surface area contributed by atoms with Gasteiger partial charge in [-0.25, -0.2) is 0 Å². The predicted octanol–water partition coefficient (Wildman–Crippen LogP) is 4.20. The Hall–Kier alpha value is -2.87. The van der Waals surface area contributed by atoms with E-state index in [9.17, 15) is 4.79 Å². The summed E-state index contributed by atoms with van der Waals surface area (Å²) in [4.78, 5) is 15.1. The van der Waals surface area contributed by atoms with Crippen LogP contribution >= 0.6 is 15.9 Å². The molecule has 27 heavy (non-hydrogen) atoms. The lowest BCUT2D eigenvalue weighted by Gasteiger charge is -2.20. The first-order valence-corrected chi connectivity index (χ1v) is 9.41. The third-order valence-electron chi connectivity index (χ3n) is 4.62. The van der Waals surface area contributed by atoms with Crippen LogP contribution in [0.4, 0.5) is 5.69 Å². The molecule has 0 unspecified atom stereocenters. The molecule has 0 spiro atoms. The van der Waals surface area contributed by atoms with Gasteiger partial charge in [-0.2, -0.15) is 0 Å². The summed E-state index contributed by atoms with van der Waals surface area (Å²) < 4.78 is 0.786. The average molecular weight is 417 g/mol. The summed E-state index contributed by atoms with van der Waals surface area (Å²) in [5.41, 5.74) is 8.60. The van der Waals surface area contributed by atoms with Crippen LogP contribution < -0.4 is 10.6 Å². The Morgan fingerprint density at radius 1 is 0.926 bits per heavy atom. The first kappa shape index (κ1) is 17.5. The molecule has 0 radical (unpaired) electrons. The Labute approximate surface area is 166 Å². The molecule has 3 aromatic rings. The Morgan fingerprint density at radius 3 is 2.30 bits per heavy atom. The molecule has 132 valence electrons. The lowest BCUT2D eigenvalue weighted by Crippen LogP contribution is -2.46. The number of hydrogen-bond donors (Lipinski definition) is 1. The Morgan fingerprint density at radius 2 is 1.59 bits per heavy atom. The maximum Gasteiger partial charge on any atom is 0.264 e. The molecule has 4 heteroatoms. The van der Waals surface area contributed by atoms with Crippen LogP contribution in [0.15, 0.2) is 83.3 Å². The van der Waals surface area contributed by atoms with Crippen molar-refractivity contribution in [2.75, 3.05) is 4.90 Å². The summed E-state index contributed by atoms with van der Waals surface area (Å²) in [6.07, 6.45) is 0. The van der Waals surface area contributed by atoms with E-state index in [0.29, 0.717) is 6.54 Å². The maximum absolute atomic E-state index is 13.3. The number of hydrogen-bond acceptors (Lipinski definition) is 2. The van der Waals surface area contributed by atoms with Crippen molar-refractivity contribution in [3.63, 3.8) is 0 Å². The lowest BCUT2D eigenvalue weighted by atomic mass is 9.93. The van der Waals surface area contributed by atoms with Gasteiger partial charge in [-0.3, -0.25) is 4.79 Å². The molecule has 0 saturated carbocycles. The number of halogens is 1. The highest BCUT2D eigenvalue weighted by atomic mass is 79.9. The van der Waals surface area contributed by atoms with Gasteiger partial charge < -0.3 is 10.6 Å². The molecule has 3 aromatic carbocycles. The lowest BCUT2D eigenvalue weighted by molar-refractivity contribution is -0.121. The molecule has 1 amide bonds. The highest BCUT2D eigenvalue weighted by Gasteiger charge is 2.48. The standard InChI is InChI=1S/C23H17BrN2O/c24-19-12-7-13-20-21(19)23(25,15-14-17-8-3-1-4-9-17)22(27)26(20)16-18-10-5-2-6-11-18/h1-13H,16,25H2/t23-/m1/s1. The number of nitrogens with two attached hydrogens (primary N) is 1. The van der Waals surface area contributed by atoms with Gasteiger partial charge in [0.25, 0.3) is 5.91 Å². The molecule has 0 aromatic heterocycles. The highest BCUT2D eigenvalue weighted by Crippen LogP contribution is 2.43. The molecule has 0 aliphatic carbocycles. The van der Waals surface area contributed by atoms with Gasteiger partial charge in [-0.15, -0.1) is 0 Å². The van der Waals surface area contributed by atoms with Crippen LogP contribution in [0.2, 0.25) is 0 Å². The molecular formula is C23H17BrN2O. The van der Waals surface area contributed by atoms with Crippen LogP contribution in [-0.2, 0) is 16.9 Å². The van der Waals surface area contributed by atoms with E-state index in [1.54, 1.807) is 4.90 Å².